The largest absolute Gasteiger partial charge is 0.387 e. The molecule has 2 aromatic heterocycles. The molecule has 0 bridgehead atoms. The maximum absolute atomic E-state index is 11.9. The number of nitrogens with two attached hydrogens (primary N) is 1. The van der Waals surface area contributed by atoms with Gasteiger partial charge in [-0.25, -0.2) is 4.79 Å². The fourth-order valence-corrected chi connectivity index (χ4v) is 2.45. The quantitative estimate of drug-likeness (QED) is 0.344. The predicted molar refractivity (Wildman–Crippen MR) is 87.1 cm³/mol. The van der Waals surface area contributed by atoms with E-state index in [0.717, 1.165) is 16.0 Å². The molecule has 7 heteroatoms. The average Bonchev–Trinajstić information content (AvgIpc) is 3.24. The Hall–Kier alpha value is -2.93. The van der Waals surface area contributed by atoms with E-state index in [1.54, 1.807) is 6.07 Å². The molecular weight excluding hydrogens is 314 g/mol. The Labute approximate surface area is 136 Å². The van der Waals surface area contributed by atoms with Crippen LogP contribution in [0.15, 0.2) is 57.5 Å². The molecule has 0 aliphatic carbocycles. The van der Waals surface area contributed by atoms with Gasteiger partial charge in [-0.05, 0) is 18.4 Å². The number of oxime groups is 1. The van der Waals surface area contributed by atoms with E-state index in [1.807, 2.05) is 42.6 Å². The number of amidine groups is 1. The van der Waals surface area contributed by atoms with Crippen molar-refractivity contribution in [2.75, 3.05) is 0 Å². The molecule has 3 rings (SSSR count). The van der Waals surface area contributed by atoms with Crippen molar-refractivity contribution < 1.29 is 14.2 Å². The number of aryl methyl sites for hydroxylation is 1. The standard InChI is InChI=1S/C16H13N3O3S/c1-10-4-6-11(7-5-10)13-9-12(18-21-13)16(20)22-19-15(17)14-3-2-8-23-14/h2-9H,1H3,(H2,17,19). The molecule has 0 spiro atoms. The van der Waals surface area contributed by atoms with Crippen molar-refractivity contribution >= 4 is 23.1 Å². The first-order chi connectivity index (χ1) is 11.1. The Morgan fingerprint density at radius 1 is 1.30 bits per heavy atom. The number of nitrogens with zero attached hydrogens (tertiary/aromatic N) is 2. The van der Waals surface area contributed by atoms with Gasteiger partial charge in [-0.15, -0.1) is 11.3 Å². The van der Waals surface area contributed by atoms with Gasteiger partial charge in [0.2, 0.25) is 0 Å². The molecule has 0 saturated heterocycles. The van der Waals surface area contributed by atoms with Crippen LogP contribution in [0, 0.1) is 6.92 Å². The van der Waals surface area contributed by atoms with Gasteiger partial charge >= 0.3 is 5.97 Å². The zero-order valence-electron chi connectivity index (χ0n) is 12.2. The van der Waals surface area contributed by atoms with Crippen molar-refractivity contribution in [3.8, 4) is 11.3 Å². The summed E-state index contributed by atoms with van der Waals surface area (Å²) in [6.45, 7) is 1.99. The summed E-state index contributed by atoms with van der Waals surface area (Å²) in [4.78, 5) is 17.4. The van der Waals surface area contributed by atoms with E-state index >= 15 is 0 Å². The summed E-state index contributed by atoms with van der Waals surface area (Å²) in [6.07, 6.45) is 0. The second kappa shape index (κ2) is 6.45. The summed E-state index contributed by atoms with van der Waals surface area (Å²) >= 11 is 1.40. The zero-order chi connectivity index (χ0) is 16.2. The summed E-state index contributed by atoms with van der Waals surface area (Å²) in [5.41, 5.74) is 7.70. The van der Waals surface area contributed by atoms with Crippen molar-refractivity contribution in [1.82, 2.24) is 5.16 Å². The maximum Gasteiger partial charge on any atom is 0.387 e. The van der Waals surface area contributed by atoms with Crippen LogP contribution in [0.2, 0.25) is 0 Å². The summed E-state index contributed by atoms with van der Waals surface area (Å²) in [5.74, 6) is -0.116. The summed E-state index contributed by atoms with van der Waals surface area (Å²) in [6, 6.07) is 12.8. The summed E-state index contributed by atoms with van der Waals surface area (Å²) < 4.78 is 5.16. The second-order valence-corrected chi connectivity index (χ2v) is 5.72. The monoisotopic (exact) mass is 327 g/mol. The number of aromatic nitrogens is 1. The Bertz CT molecular complexity index is 836. The second-order valence-electron chi connectivity index (χ2n) is 4.78. The van der Waals surface area contributed by atoms with Crippen LogP contribution < -0.4 is 5.73 Å². The van der Waals surface area contributed by atoms with Crippen molar-refractivity contribution in [1.29, 1.82) is 0 Å². The number of thiophene rings is 1. The minimum absolute atomic E-state index is 0.0308. The number of carbonyl (C=O) groups is 1. The minimum Gasteiger partial charge on any atom is -0.380 e. The molecule has 23 heavy (non-hydrogen) atoms. The smallest absolute Gasteiger partial charge is 0.380 e. The maximum atomic E-state index is 11.9. The molecular formula is C16H13N3O3S. The SMILES string of the molecule is Cc1ccc(-c2cc(C(=O)O/N=C(\N)c3cccs3)no2)cc1. The Kier molecular flexibility index (Phi) is 4.20. The van der Waals surface area contributed by atoms with Crippen LogP contribution in [0.5, 0.6) is 0 Å². The fourth-order valence-electron chi connectivity index (χ4n) is 1.83. The molecule has 0 fully saturated rings. The first-order valence-corrected chi connectivity index (χ1v) is 7.64. The summed E-state index contributed by atoms with van der Waals surface area (Å²) in [5, 5.41) is 9.16. The van der Waals surface area contributed by atoms with E-state index in [4.69, 9.17) is 15.1 Å². The lowest BCUT2D eigenvalue weighted by Crippen LogP contribution is -2.13. The van der Waals surface area contributed by atoms with E-state index < -0.39 is 5.97 Å². The molecule has 6 nitrogen and oxygen atoms in total. The molecule has 0 unspecified atom stereocenters. The number of carbonyl (C=O) groups excluding carboxylic acids is 1. The highest BCUT2D eigenvalue weighted by Crippen LogP contribution is 2.21. The topological polar surface area (TPSA) is 90.7 Å². The fraction of sp³-hybridized carbons (Fsp3) is 0.0625. The molecule has 0 saturated carbocycles. The molecule has 0 amide bonds. The summed E-state index contributed by atoms with van der Waals surface area (Å²) in [7, 11) is 0. The van der Waals surface area contributed by atoms with Gasteiger partial charge in [-0.2, -0.15) is 0 Å². The highest BCUT2D eigenvalue weighted by Gasteiger charge is 2.16. The molecule has 0 aliphatic heterocycles. The van der Waals surface area contributed by atoms with Crippen LogP contribution in [0.25, 0.3) is 11.3 Å². The Morgan fingerprint density at radius 3 is 2.78 bits per heavy atom. The van der Waals surface area contributed by atoms with Crippen molar-refractivity contribution in [2.24, 2.45) is 10.9 Å². The first-order valence-electron chi connectivity index (χ1n) is 6.76. The molecule has 2 N–H and O–H groups in total. The van der Waals surface area contributed by atoms with E-state index in [1.165, 1.54) is 17.4 Å². The minimum atomic E-state index is -0.730. The third kappa shape index (κ3) is 3.46. The molecule has 1 aromatic carbocycles. The van der Waals surface area contributed by atoms with Gasteiger partial charge in [0.15, 0.2) is 17.3 Å². The van der Waals surface area contributed by atoms with E-state index in [2.05, 4.69) is 10.3 Å². The highest BCUT2D eigenvalue weighted by atomic mass is 32.1. The van der Waals surface area contributed by atoms with E-state index in [9.17, 15) is 4.79 Å². The third-order valence-electron chi connectivity index (χ3n) is 3.06. The molecule has 0 aliphatic rings. The molecule has 116 valence electrons. The van der Waals surface area contributed by atoms with Gasteiger partial charge in [-0.1, -0.05) is 46.2 Å². The van der Waals surface area contributed by atoms with Gasteiger partial charge in [0.25, 0.3) is 0 Å². The number of hydrogen-bond donors (Lipinski definition) is 1. The molecule has 0 atom stereocenters. The molecule has 0 radical (unpaired) electrons. The Balaban J connectivity index is 1.71. The van der Waals surface area contributed by atoms with Gasteiger partial charge in [0.05, 0.1) is 4.88 Å². The average molecular weight is 327 g/mol. The normalized spacial score (nSPS) is 11.4. The first kappa shape index (κ1) is 15.0. The van der Waals surface area contributed by atoms with Crippen LogP contribution in [0.1, 0.15) is 20.9 Å². The van der Waals surface area contributed by atoms with Crippen LogP contribution in [-0.4, -0.2) is 17.0 Å². The van der Waals surface area contributed by atoms with Crippen LogP contribution >= 0.6 is 11.3 Å². The van der Waals surface area contributed by atoms with E-state index in [-0.39, 0.29) is 11.5 Å². The van der Waals surface area contributed by atoms with E-state index in [0.29, 0.717) is 5.76 Å². The van der Waals surface area contributed by atoms with Crippen molar-refractivity contribution in [3.63, 3.8) is 0 Å². The van der Waals surface area contributed by atoms with Gasteiger partial charge < -0.3 is 15.1 Å². The molecule has 3 aromatic rings. The van der Waals surface area contributed by atoms with Crippen LogP contribution in [0.3, 0.4) is 0 Å². The van der Waals surface area contributed by atoms with Gasteiger partial charge in [0.1, 0.15) is 0 Å². The van der Waals surface area contributed by atoms with Crippen molar-refractivity contribution in [3.05, 3.63) is 64.0 Å². The van der Waals surface area contributed by atoms with Crippen LogP contribution in [-0.2, 0) is 4.84 Å². The third-order valence-corrected chi connectivity index (χ3v) is 3.95. The van der Waals surface area contributed by atoms with Gasteiger partial charge in [0, 0.05) is 11.6 Å². The molecule has 2 heterocycles. The number of benzene rings is 1. The predicted octanol–water partition coefficient (Wildman–Crippen LogP) is 3.19. The lowest BCUT2D eigenvalue weighted by molar-refractivity contribution is 0.0504. The number of hydrogen-bond acceptors (Lipinski definition) is 6. The zero-order valence-corrected chi connectivity index (χ0v) is 13.0. The lowest BCUT2D eigenvalue weighted by Gasteiger charge is -1.96. The Morgan fingerprint density at radius 2 is 2.09 bits per heavy atom. The number of rotatable bonds is 4. The highest BCUT2D eigenvalue weighted by molar-refractivity contribution is 7.12. The lowest BCUT2D eigenvalue weighted by atomic mass is 10.1. The van der Waals surface area contributed by atoms with Gasteiger partial charge in [-0.3, -0.25) is 0 Å². The van der Waals surface area contributed by atoms with Crippen LogP contribution in [0.4, 0.5) is 0 Å². The van der Waals surface area contributed by atoms with Crippen molar-refractivity contribution in [2.45, 2.75) is 6.92 Å².